The van der Waals surface area contributed by atoms with E-state index in [1.165, 1.54) is 18.4 Å². The Morgan fingerprint density at radius 3 is 2.71 bits per heavy atom. The first kappa shape index (κ1) is 24.5. The molecule has 7 nitrogen and oxygen atoms in total. The minimum atomic E-state index is -0.0471. The molecule has 2 aliphatic rings. The minimum Gasteiger partial charge on any atom is -0.487 e. The van der Waals surface area contributed by atoms with Crippen molar-refractivity contribution in [1.82, 2.24) is 25.2 Å². The van der Waals surface area contributed by atoms with E-state index >= 15 is 0 Å². The topological polar surface area (TPSA) is 76.4 Å². The van der Waals surface area contributed by atoms with Gasteiger partial charge in [0.05, 0.1) is 12.6 Å². The van der Waals surface area contributed by atoms with E-state index in [2.05, 4.69) is 57.9 Å². The molecule has 2 N–H and O–H groups in total. The number of guanidine groups is 1. The quantitative estimate of drug-likeness (QED) is 0.253. The number of aromatic nitrogens is 3. The van der Waals surface area contributed by atoms with Crippen molar-refractivity contribution in [3.8, 4) is 11.6 Å². The van der Waals surface area contributed by atoms with Gasteiger partial charge in [0, 0.05) is 37.1 Å². The summed E-state index contributed by atoms with van der Waals surface area (Å²) in [5, 5.41) is 7.12. The highest BCUT2D eigenvalue weighted by Crippen LogP contribution is 2.46. The minimum absolute atomic E-state index is 0. The number of hydrogen-bond acceptors (Lipinski definition) is 4. The summed E-state index contributed by atoms with van der Waals surface area (Å²) in [6.45, 7) is 5.43. The van der Waals surface area contributed by atoms with Gasteiger partial charge in [0.1, 0.15) is 23.0 Å². The van der Waals surface area contributed by atoms with Gasteiger partial charge < -0.3 is 15.4 Å². The molecule has 2 aromatic heterocycles. The lowest BCUT2D eigenvalue weighted by molar-refractivity contribution is 0.0396. The van der Waals surface area contributed by atoms with Gasteiger partial charge in [-0.15, -0.1) is 24.0 Å². The van der Waals surface area contributed by atoms with Crippen LogP contribution in [0.3, 0.4) is 0 Å². The summed E-state index contributed by atoms with van der Waals surface area (Å²) < 4.78 is 8.49. The number of halogens is 1. The van der Waals surface area contributed by atoms with E-state index in [1.807, 2.05) is 30.0 Å². The molecule has 180 valence electrons. The Kier molecular flexibility index (Phi) is 7.75. The molecule has 3 aromatic rings. The molecule has 0 saturated heterocycles. The molecule has 0 bridgehead atoms. The van der Waals surface area contributed by atoms with E-state index in [0.29, 0.717) is 6.54 Å². The molecule has 1 spiro atoms. The predicted octanol–water partition coefficient (Wildman–Crippen LogP) is 5.09. The highest BCUT2D eigenvalue weighted by atomic mass is 127. The highest BCUT2D eigenvalue weighted by molar-refractivity contribution is 14.0. The summed E-state index contributed by atoms with van der Waals surface area (Å²) in [5.74, 6) is 3.61. The van der Waals surface area contributed by atoms with Crippen LogP contribution in [0.25, 0.3) is 5.82 Å². The van der Waals surface area contributed by atoms with Crippen LogP contribution in [0.2, 0.25) is 0 Å². The SMILES string of the molecule is CCNC(=NCc1ccc(-n2ccnc2C)nc1)NC1CC2(CCCC2)Oc2ccccc21.I. The van der Waals surface area contributed by atoms with E-state index in [0.717, 1.165) is 54.7 Å². The molecule has 1 aromatic carbocycles. The maximum Gasteiger partial charge on any atom is 0.192 e. The lowest BCUT2D eigenvalue weighted by Gasteiger charge is -2.40. The smallest absolute Gasteiger partial charge is 0.192 e. The van der Waals surface area contributed by atoms with Gasteiger partial charge in [0.2, 0.25) is 0 Å². The zero-order valence-electron chi connectivity index (χ0n) is 19.8. The molecule has 0 amide bonds. The Morgan fingerprint density at radius 2 is 2.00 bits per heavy atom. The summed E-state index contributed by atoms with van der Waals surface area (Å²) >= 11 is 0. The standard InChI is InChI=1S/C26H32N6O.HI/c1-3-27-25(30-18-20-10-11-24(29-17-20)32-15-14-28-19(32)2)31-22-16-26(12-6-7-13-26)33-23-9-5-4-8-21(22)23;/h4-5,8-11,14-15,17,22H,3,6-7,12-13,16,18H2,1-2H3,(H2,27,30,31);1H. The molecular formula is C26H33IN6O. The predicted molar refractivity (Wildman–Crippen MR) is 145 cm³/mol. The summed E-state index contributed by atoms with van der Waals surface area (Å²) in [6.07, 6.45) is 11.3. The molecular weight excluding hydrogens is 539 g/mol. The lowest BCUT2D eigenvalue weighted by Crippen LogP contribution is -2.46. The van der Waals surface area contributed by atoms with Crippen molar-refractivity contribution in [1.29, 1.82) is 0 Å². The van der Waals surface area contributed by atoms with Crippen molar-refractivity contribution in [3.05, 3.63) is 71.9 Å². The van der Waals surface area contributed by atoms with E-state index < -0.39 is 0 Å². The highest BCUT2D eigenvalue weighted by Gasteiger charge is 2.43. The number of benzene rings is 1. The molecule has 5 rings (SSSR count). The Hall–Kier alpha value is -2.62. The zero-order chi connectivity index (χ0) is 22.7. The number of nitrogens with zero attached hydrogens (tertiary/aromatic N) is 4. The van der Waals surface area contributed by atoms with Crippen LogP contribution in [0.15, 0.2) is 60.0 Å². The molecule has 1 unspecified atom stereocenters. The average Bonchev–Trinajstić information content (AvgIpc) is 3.47. The van der Waals surface area contributed by atoms with Crippen LogP contribution in [-0.4, -0.2) is 32.6 Å². The second-order valence-electron chi connectivity index (χ2n) is 9.00. The van der Waals surface area contributed by atoms with Crippen LogP contribution in [0.1, 0.15) is 62.0 Å². The third kappa shape index (κ3) is 5.21. The normalized spacial score (nSPS) is 18.6. The van der Waals surface area contributed by atoms with Crippen LogP contribution < -0.4 is 15.4 Å². The van der Waals surface area contributed by atoms with E-state index in [9.17, 15) is 0 Å². The van der Waals surface area contributed by atoms with Gasteiger partial charge in [0.25, 0.3) is 0 Å². The van der Waals surface area contributed by atoms with E-state index in [1.54, 1.807) is 6.20 Å². The summed E-state index contributed by atoms with van der Waals surface area (Å²) in [7, 11) is 0. The van der Waals surface area contributed by atoms with Crippen LogP contribution in [0, 0.1) is 6.92 Å². The summed E-state index contributed by atoms with van der Waals surface area (Å²) in [4.78, 5) is 13.7. The van der Waals surface area contributed by atoms with Crippen molar-refractivity contribution in [2.24, 2.45) is 4.99 Å². The van der Waals surface area contributed by atoms with Crippen molar-refractivity contribution in [2.45, 2.75) is 64.1 Å². The number of aliphatic imine (C=N–C) groups is 1. The Morgan fingerprint density at radius 1 is 1.18 bits per heavy atom. The van der Waals surface area contributed by atoms with Crippen molar-refractivity contribution < 1.29 is 4.74 Å². The second-order valence-corrected chi connectivity index (χ2v) is 9.00. The van der Waals surface area contributed by atoms with Crippen LogP contribution in [0.4, 0.5) is 0 Å². The summed E-state index contributed by atoms with van der Waals surface area (Å²) in [6, 6.07) is 12.7. The van der Waals surface area contributed by atoms with Crippen LogP contribution in [0.5, 0.6) is 5.75 Å². The van der Waals surface area contributed by atoms with Crippen LogP contribution in [-0.2, 0) is 6.54 Å². The maximum atomic E-state index is 6.52. The third-order valence-electron chi connectivity index (χ3n) is 6.67. The van der Waals surface area contributed by atoms with Gasteiger partial charge in [-0.25, -0.2) is 15.0 Å². The van der Waals surface area contributed by atoms with Gasteiger partial charge in [0.15, 0.2) is 5.96 Å². The molecule has 0 radical (unpaired) electrons. The number of fused-ring (bicyclic) bond motifs is 1. The monoisotopic (exact) mass is 572 g/mol. The first-order valence-corrected chi connectivity index (χ1v) is 11.9. The number of ether oxygens (including phenoxy) is 1. The Labute approximate surface area is 218 Å². The van der Waals surface area contributed by atoms with Gasteiger partial charge in [-0.2, -0.15) is 0 Å². The molecule has 1 aliphatic carbocycles. The van der Waals surface area contributed by atoms with Crippen LogP contribution >= 0.6 is 24.0 Å². The van der Waals surface area contributed by atoms with Gasteiger partial charge >= 0.3 is 0 Å². The second kappa shape index (κ2) is 10.8. The molecule has 8 heteroatoms. The van der Waals surface area contributed by atoms with Gasteiger partial charge in [-0.3, -0.25) is 4.57 Å². The Bertz CT molecular complexity index is 1120. The molecule has 1 fully saturated rings. The lowest BCUT2D eigenvalue weighted by atomic mass is 9.86. The first-order chi connectivity index (χ1) is 16.2. The number of pyridine rings is 1. The number of imidazole rings is 1. The van der Waals surface area contributed by atoms with E-state index in [4.69, 9.17) is 9.73 Å². The summed E-state index contributed by atoms with van der Waals surface area (Å²) in [5.41, 5.74) is 2.23. The fourth-order valence-corrected chi connectivity index (χ4v) is 5.00. The molecule has 34 heavy (non-hydrogen) atoms. The third-order valence-corrected chi connectivity index (χ3v) is 6.67. The fraction of sp³-hybridized carbons (Fsp3) is 0.423. The average molecular weight is 572 g/mol. The molecule has 1 aliphatic heterocycles. The number of para-hydroxylation sites is 1. The number of aryl methyl sites for hydroxylation is 1. The number of hydrogen-bond donors (Lipinski definition) is 2. The molecule has 3 heterocycles. The zero-order valence-corrected chi connectivity index (χ0v) is 22.2. The van der Waals surface area contributed by atoms with Gasteiger partial charge in [-0.1, -0.05) is 24.3 Å². The van der Waals surface area contributed by atoms with Gasteiger partial charge in [-0.05, 0) is 57.2 Å². The van der Waals surface area contributed by atoms with E-state index in [-0.39, 0.29) is 35.6 Å². The number of rotatable bonds is 5. The van der Waals surface area contributed by atoms with Crippen molar-refractivity contribution in [2.75, 3.05) is 6.54 Å². The number of nitrogens with one attached hydrogen (secondary N) is 2. The Balaban J connectivity index is 0.00000274. The van der Waals surface area contributed by atoms with Crippen molar-refractivity contribution >= 4 is 29.9 Å². The molecule has 1 saturated carbocycles. The molecule has 1 atom stereocenters. The largest absolute Gasteiger partial charge is 0.487 e. The first-order valence-electron chi connectivity index (χ1n) is 11.9. The maximum absolute atomic E-state index is 6.52. The fourth-order valence-electron chi connectivity index (χ4n) is 5.00. The van der Waals surface area contributed by atoms with Crippen molar-refractivity contribution in [3.63, 3.8) is 0 Å².